The molecule has 2 aromatic carbocycles. The summed E-state index contributed by atoms with van der Waals surface area (Å²) in [6.07, 6.45) is -3.93. The van der Waals surface area contributed by atoms with Crippen LogP contribution in [0.25, 0.3) is 0 Å². The SMILES string of the molecule is CC1(C)O[C@H]2O[C@H](COCc3ccccc3)C(=O)[C@@H]2O1.CC1(C)O[C@H]2O[C@H](COCc3ccccc3)C(O)[C@@H]2O1. The third-order valence-corrected chi connectivity index (χ3v) is 6.84. The van der Waals surface area contributed by atoms with E-state index in [4.69, 9.17) is 37.9 Å². The van der Waals surface area contributed by atoms with E-state index in [-0.39, 0.29) is 12.4 Å². The van der Waals surface area contributed by atoms with E-state index in [0.717, 1.165) is 11.1 Å². The quantitative estimate of drug-likeness (QED) is 0.519. The van der Waals surface area contributed by atoms with Crippen LogP contribution in [0.15, 0.2) is 60.7 Å². The molecule has 4 heterocycles. The molecule has 10 heteroatoms. The molecule has 1 unspecified atom stereocenters. The van der Waals surface area contributed by atoms with Crippen molar-refractivity contribution in [3.05, 3.63) is 71.8 Å². The summed E-state index contributed by atoms with van der Waals surface area (Å²) in [5, 5.41) is 10.2. The van der Waals surface area contributed by atoms with Crippen LogP contribution in [0.3, 0.4) is 0 Å². The van der Waals surface area contributed by atoms with Crippen LogP contribution in [-0.2, 0) is 55.9 Å². The van der Waals surface area contributed by atoms with Crippen LogP contribution < -0.4 is 0 Å². The molecule has 0 aliphatic carbocycles. The van der Waals surface area contributed by atoms with Gasteiger partial charge in [-0.25, -0.2) is 0 Å². The van der Waals surface area contributed by atoms with Crippen molar-refractivity contribution in [2.24, 2.45) is 0 Å². The molecule has 0 amide bonds. The lowest BCUT2D eigenvalue weighted by atomic mass is 10.1. The molecule has 6 rings (SSSR count). The second kappa shape index (κ2) is 12.3. The Balaban J connectivity index is 0.000000161. The third-order valence-electron chi connectivity index (χ3n) is 6.84. The van der Waals surface area contributed by atoms with E-state index in [9.17, 15) is 9.90 Å². The maximum atomic E-state index is 12.1. The molecule has 0 spiro atoms. The summed E-state index contributed by atoms with van der Waals surface area (Å²) in [6.45, 7) is 8.63. The van der Waals surface area contributed by atoms with Crippen LogP contribution in [0.2, 0.25) is 0 Å². The van der Waals surface area contributed by atoms with E-state index in [1.54, 1.807) is 13.8 Å². The van der Waals surface area contributed by atoms with Gasteiger partial charge in [0.1, 0.15) is 24.4 Å². The van der Waals surface area contributed by atoms with Gasteiger partial charge in [-0.2, -0.15) is 0 Å². The van der Waals surface area contributed by atoms with Crippen LogP contribution >= 0.6 is 0 Å². The highest BCUT2D eigenvalue weighted by Crippen LogP contribution is 2.37. The fourth-order valence-corrected chi connectivity index (χ4v) is 4.98. The predicted octanol–water partition coefficient (Wildman–Crippen LogP) is 3.09. The van der Waals surface area contributed by atoms with Crippen molar-refractivity contribution in [2.75, 3.05) is 13.2 Å². The summed E-state index contributed by atoms with van der Waals surface area (Å²) in [5.74, 6) is -1.57. The van der Waals surface area contributed by atoms with Crippen molar-refractivity contribution in [2.45, 2.75) is 95.6 Å². The number of ether oxygens (including phenoxy) is 8. The summed E-state index contributed by atoms with van der Waals surface area (Å²) in [6, 6.07) is 19.7. The van der Waals surface area contributed by atoms with E-state index >= 15 is 0 Å². The number of rotatable bonds is 8. The summed E-state index contributed by atoms with van der Waals surface area (Å²) >= 11 is 0. The Kier molecular flexibility index (Phi) is 9.01. The Labute approximate surface area is 234 Å². The summed E-state index contributed by atoms with van der Waals surface area (Å²) < 4.78 is 44.6. The van der Waals surface area contributed by atoms with Gasteiger partial charge in [0, 0.05) is 0 Å². The van der Waals surface area contributed by atoms with E-state index in [2.05, 4.69) is 0 Å². The van der Waals surface area contributed by atoms with Gasteiger partial charge in [0.2, 0.25) is 0 Å². The predicted molar refractivity (Wildman–Crippen MR) is 141 cm³/mol. The zero-order chi connectivity index (χ0) is 28.3. The largest absolute Gasteiger partial charge is 0.387 e. The molecule has 40 heavy (non-hydrogen) atoms. The topological polar surface area (TPSA) is 111 Å². The third kappa shape index (κ3) is 7.14. The molecule has 7 atom stereocenters. The average molecular weight is 559 g/mol. The molecule has 4 fully saturated rings. The normalized spacial score (nSPS) is 33.3. The number of benzene rings is 2. The standard InChI is InChI=1S/C15H20O5.C15H18O5/c2*1-15(2)19-13-12(16)11(18-14(13)20-15)9-17-8-10-6-4-3-5-7-10/h3-7,11-14,16H,8-9H2,1-2H3;3-7,11,13-14H,8-9H2,1-2H3/t11-,12?,13+,14-;11-,13+,14-/m11/s1. The van der Waals surface area contributed by atoms with Crippen molar-refractivity contribution in [3.8, 4) is 0 Å². The number of aliphatic hydroxyl groups excluding tert-OH is 1. The Bertz CT molecular complexity index is 1110. The first kappa shape index (κ1) is 29.2. The van der Waals surface area contributed by atoms with Crippen molar-refractivity contribution >= 4 is 5.78 Å². The number of Topliss-reactive ketones (excluding diaryl/α,β-unsaturated/α-hetero) is 1. The van der Waals surface area contributed by atoms with Crippen LogP contribution in [0, 0.1) is 0 Å². The monoisotopic (exact) mass is 558 g/mol. The zero-order valence-electron chi connectivity index (χ0n) is 23.3. The molecule has 4 saturated heterocycles. The van der Waals surface area contributed by atoms with E-state index in [1.165, 1.54) is 0 Å². The molecule has 4 aliphatic rings. The zero-order valence-corrected chi connectivity index (χ0v) is 23.3. The maximum absolute atomic E-state index is 12.1. The fraction of sp³-hybridized carbons (Fsp3) is 0.567. The highest BCUT2D eigenvalue weighted by Gasteiger charge is 2.55. The Morgan fingerprint density at radius 3 is 1.85 bits per heavy atom. The van der Waals surface area contributed by atoms with Crippen molar-refractivity contribution in [1.82, 2.24) is 0 Å². The van der Waals surface area contributed by atoms with Gasteiger partial charge in [-0.05, 0) is 38.8 Å². The minimum atomic E-state index is -0.763. The lowest BCUT2D eigenvalue weighted by molar-refractivity contribution is -0.220. The molecule has 0 radical (unpaired) electrons. The Hall–Kier alpha value is -2.25. The van der Waals surface area contributed by atoms with Crippen molar-refractivity contribution in [3.63, 3.8) is 0 Å². The van der Waals surface area contributed by atoms with Crippen LogP contribution in [0.5, 0.6) is 0 Å². The van der Waals surface area contributed by atoms with E-state index in [1.807, 2.05) is 74.5 Å². The van der Waals surface area contributed by atoms with Gasteiger partial charge in [-0.1, -0.05) is 60.7 Å². The molecule has 218 valence electrons. The number of fused-ring (bicyclic) bond motifs is 2. The molecule has 0 aromatic heterocycles. The second-order valence-electron chi connectivity index (χ2n) is 11.1. The molecule has 0 saturated carbocycles. The molecule has 10 nitrogen and oxygen atoms in total. The molecule has 2 aromatic rings. The number of ketones is 1. The molecule has 4 aliphatic heterocycles. The van der Waals surface area contributed by atoms with Gasteiger partial charge in [0.05, 0.1) is 26.4 Å². The van der Waals surface area contributed by atoms with Crippen LogP contribution in [0.4, 0.5) is 0 Å². The van der Waals surface area contributed by atoms with E-state index < -0.39 is 54.7 Å². The number of hydrogen-bond acceptors (Lipinski definition) is 10. The Morgan fingerprint density at radius 1 is 0.725 bits per heavy atom. The highest BCUT2D eigenvalue weighted by molar-refractivity contribution is 5.90. The highest BCUT2D eigenvalue weighted by atomic mass is 16.8. The molecule has 1 N–H and O–H groups in total. The minimum absolute atomic E-state index is 0.103. The minimum Gasteiger partial charge on any atom is -0.387 e. The van der Waals surface area contributed by atoms with Crippen molar-refractivity contribution < 1.29 is 47.8 Å². The van der Waals surface area contributed by atoms with Gasteiger partial charge in [0.15, 0.2) is 36.0 Å². The number of carbonyl (C=O) groups is 1. The van der Waals surface area contributed by atoms with E-state index in [0.29, 0.717) is 19.8 Å². The van der Waals surface area contributed by atoms with Crippen molar-refractivity contribution in [1.29, 1.82) is 0 Å². The smallest absolute Gasteiger partial charge is 0.198 e. The lowest BCUT2D eigenvalue weighted by Crippen LogP contribution is -2.36. The van der Waals surface area contributed by atoms with Gasteiger partial charge < -0.3 is 43.0 Å². The first-order chi connectivity index (χ1) is 19.1. The number of carbonyl (C=O) groups excluding carboxylic acids is 1. The summed E-state index contributed by atoms with van der Waals surface area (Å²) in [5.41, 5.74) is 2.15. The maximum Gasteiger partial charge on any atom is 0.198 e. The summed E-state index contributed by atoms with van der Waals surface area (Å²) in [7, 11) is 0. The fourth-order valence-electron chi connectivity index (χ4n) is 4.98. The van der Waals surface area contributed by atoms with Gasteiger partial charge in [-0.3, -0.25) is 4.79 Å². The Morgan fingerprint density at radius 2 is 1.27 bits per heavy atom. The molecular weight excluding hydrogens is 520 g/mol. The number of aliphatic hydroxyl groups is 1. The number of hydrogen-bond donors (Lipinski definition) is 1. The average Bonchev–Trinajstić information content (AvgIpc) is 3.58. The second-order valence-corrected chi connectivity index (χ2v) is 11.1. The van der Waals surface area contributed by atoms with Gasteiger partial charge in [0.25, 0.3) is 0 Å². The van der Waals surface area contributed by atoms with Gasteiger partial charge >= 0.3 is 0 Å². The molecule has 0 bridgehead atoms. The van der Waals surface area contributed by atoms with Gasteiger partial charge in [-0.15, -0.1) is 0 Å². The first-order valence-corrected chi connectivity index (χ1v) is 13.6. The lowest BCUT2D eigenvalue weighted by Gasteiger charge is -2.22. The van der Waals surface area contributed by atoms with Crippen LogP contribution in [-0.4, -0.2) is 78.8 Å². The van der Waals surface area contributed by atoms with Crippen LogP contribution in [0.1, 0.15) is 38.8 Å². The first-order valence-electron chi connectivity index (χ1n) is 13.6. The molecular formula is C30H38O10. The summed E-state index contributed by atoms with van der Waals surface area (Å²) in [4.78, 5) is 12.1.